The van der Waals surface area contributed by atoms with E-state index in [9.17, 15) is 18.0 Å². The number of aryl methyl sites for hydroxylation is 1. The number of methoxy groups -OCH3 is 1. The van der Waals surface area contributed by atoms with E-state index >= 15 is 0 Å². The van der Waals surface area contributed by atoms with Crippen LogP contribution in [0.25, 0.3) is 16.8 Å². The minimum Gasteiger partial charge on any atom is -0.464 e. The standard InChI is InChI=1S/C23H18F3N3O2/c1-14-9-10-20-18(12-17-7-4-8-19(27-17)22(30)31-2)21(28-29(20)13-14)15-5-3-6-16(11-15)23(24,25)26/h3-11,13H,12H2,1-2H3. The Kier molecular flexibility index (Phi) is 5.22. The van der Waals surface area contributed by atoms with Gasteiger partial charge >= 0.3 is 12.1 Å². The van der Waals surface area contributed by atoms with Crippen LogP contribution in [0.4, 0.5) is 13.2 Å². The number of aromatic nitrogens is 3. The highest BCUT2D eigenvalue weighted by Gasteiger charge is 2.31. The molecule has 31 heavy (non-hydrogen) atoms. The number of alkyl halides is 3. The highest BCUT2D eigenvalue weighted by Crippen LogP contribution is 2.34. The Morgan fingerprint density at radius 3 is 2.61 bits per heavy atom. The van der Waals surface area contributed by atoms with Crippen molar-refractivity contribution in [3.8, 4) is 11.3 Å². The molecular formula is C23H18F3N3O2. The fraction of sp³-hybridized carbons (Fsp3) is 0.174. The smallest absolute Gasteiger partial charge is 0.416 e. The highest BCUT2D eigenvalue weighted by atomic mass is 19.4. The average molecular weight is 425 g/mol. The number of carbonyl (C=O) groups excluding carboxylic acids is 1. The lowest BCUT2D eigenvalue weighted by atomic mass is 10.0. The van der Waals surface area contributed by atoms with Gasteiger partial charge in [0.15, 0.2) is 0 Å². The van der Waals surface area contributed by atoms with Crippen molar-refractivity contribution in [2.45, 2.75) is 19.5 Å². The first-order valence-corrected chi connectivity index (χ1v) is 9.46. The van der Waals surface area contributed by atoms with Gasteiger partial charge in [0.2, 0.25) is 0 Å². The maximum atomic E-state index is 13.3. The fourth-order valence-electron chi connectivity index (χ4n) is 3.43. The Hall–Kier alpha value is -3.68. The largest absolute Gasteiger partial charge is 0.464 e. The minimum absolute atomic E-state index is 0.160. The van der Waals surface area contributed by atoms with Crippen LogP contribution in [0, 0.1) is 6.92 Å². The molecule has 3 aromatic heterocycles. The first-order valence-electron chi connectivity index (χ1n) is 9.46. The molecule has 0 aliphatic heterocycles. The molecule has 3 heterocycles. The predicted molar refractivity (Wildman–Crippen MR) is 109 cm³/mol. The molecule has 0 amide bonds. The molecule has 0 saturated carbocycles. The summed E-state index contributed by atoms with van der Waals surface area (Å²) in [5.74, 6) is -0.560. The van der Waals surface area contributed by atoms with Gasteiger partial charge in [-0.05, 0) is 42.8 Å². The van der Waals surface area contributed by atoms with Crippen LogP contribution in [0.5, 0.6) is 0 Å². The third kappa shape index (κ3) is 4.14. The van der Waals surface area contributed by atoms with Gasteiger partial charge in [-0.1, -0.05) is 24.3 Å². The number of carbonyl (C=O) groups is 1. The molecule has 0 aliphatic rings. The van der Waals surface area contributed by atoms with Crippen molar-refractivity contribution >= 4 is 11.5 Å². The number of halogens is 3. The molecule has 4 rings (SSSR count). The summed E-state index contributed by atoms with van der Waals surface area (Å²) in [6.07, 6.45) is -2.36. The summed E-state index contributed by atoms with van der Waals surface area (Å²) in [7, 11) is 1.27. The Morgan fingerprint density at radius 2 is 1.87 bits per heavy atom. The molecule has 0 saturated heterocycles. The summed E-state index contributed by atoms with van der Waals surface area (Å²) in [6.45, 7) is 1.91. The molecule has 0 bridgehead atoms. The number of esters is 1. The van der Waals surface area contributed by atoms with Crippen LogP contribution in [-0.2, 0) is 17.3 Å². The fourth-order valence-corrected chi connectivity index (χ4v) is 3.43. The molecule has 8 heteroatoms. The van der Waals surface area contributed by atoms with Crippen LogP contribution in [0.3, 0.4) is 0 Å². The monoisotopic (exact) mass is 425 g/mol. The molecule has 0 fully saturated rings. The summed E-state index contributed by atoms with van der Waals surface area (Å²) in [4.78, 5) is 16.2. The summed E-state index contributed by atoms with van der Waals surface area (Å²) in [6, 6.07) is 13.9. The van der Waals surface area contributed by atoms with E-state index in [0.717, 1.165) is 23.2 Å². The lowest BCUT2D eigenvalue weighted by Crippen LogP contribution is -2.06. The zero-order valence-electron chi connectivity index (χ0n) is 16.8. The van der Waals surface area contributed by atoms with Gasteiger partial charge in [0.25, 0.3) is 0 Å². The van der Waals surface area contributed by atoms with Gasteiger partial charge < -0.3 is 4.74 Å². The number of benzene rings is 1. The molecular weight excluding hydrogens is 407 g/mol. The van der Waals surface area contributed by atoms with E-state index in [2.05, 4.69) is 10.1 Å². The number of nitrogens with zero attached hydrogens (tertiary/aromatic N) is 3. The second-order valence-electron chi connectivity index (χ2n) is 7.12. The molecule has 0 atom stereocenters. The first kappa shape index (κ1) is 20.6. The molecule has 0 spiro atoms. The quantitative estimate of drug-likeness (QED) is 0.427. The summed E-state index contributed by atoms with van der Waals surface area (Å²) in [5.41, 5.74) is 3.21. The SMILES string of the molecule is COC(=O)c1cccc(Cc2c(-c3cccc(C(F)(F)F)c3)nn3cc(C)ccc23)n1. The molecule has 5 nitrogen and oxygen atoms in total. The maximum absolute atomic E-state index is 13.3. The van der Waals surface area contributed by atoms with E-state index in [1.807, 2.05) is 25.3 Å². The molecule has 4 aromatic rings. The van der Waals surface area contributed by atoms with Crippen molar-refractivity contribution in [2.24, 2.45) is 0 Å². The average Bonchev–Trinajstić information content (AvgIpc) is 3.10. The third-order valence-corrected chi connectivity index (χ3v) is 4.90. The zero-order valence-corrected chi connectivity index (χ0v) is 16.8. The van der Waals surface area contributed by atoms with Gasteiger partial charge in [-0.15, -0.1) is 0 Å². The third-order valence-electron chi connectivity index (χ3n) is 4.90. The van der Waals surface area contributed by atoms with Crippen molar-refractivity contribution in [2.75, 3.05) is 7.11 Å². The lowest BCUT2D eigenvalue weighted by Gasteiger charge is -2.09. The Balaban J connectivity index is 1.86. The molecule has 0 N–H and O–H groups in total. The van der Waals surface area contributed by atoms with Crippen LogP contribution in [-0.4, -0.2) is 27.7 Å². The summed E-state index contributed by atoms with van der Waals surface area (Å²) < 4.78 is 46.2. The van der Waals surface area contributed by atoms with Crippen molar-refractivity contribution in [3.63, 3.8) is 0 Å². The lowest BCUT2D eigenvalue weighted by molar-refractivity contribution is -0.137. The number of ether oxygens (including phenoxy) is 1. The Bertz CT molecular complexity index is 1280. The van der Waals surface area contributed by atoms with Gasteiger partial charge in [-0.2, -0.15) is 18.3 Å². The number of hydrogen-bond acceptors (Lipinski definition) is 4. The highest BCUT2D eigenvalue weighted by molar-refractivity contribution is 5.87. The van der Waals surface area contributed by atoms with E-state index in [-0.39, 0.29) is 12.1 Å². The van der Waals surface area contributed by atoms with Crippen molar-refractivity contribution in [3.05, 3.63) is 88.9 Å². The molecule has 1 aromatic carbocycles. The second-order valence-corrected chi connectivity index (χ2v) is 7.12. The van der Waals surface area contributed by atoms with Crippen molar-refractivity contribution < 1.29 is 22.7 Å². The van der Waals surface area contributed by atoms with E-state index in [1.165, 1.54) is 13.2 Å². The normalized spacial score (nSPS) is 11.6. The van der Waals surface area contributed by atoms with Gasteiger partial charge in [-0.25, -0.2) is 14.3 Å². The summed E-state index contributed by atoms with van der Waals surface area (Å²) in [5, 5.41) is 4.57. The molecule has 0 unspecified atom stereocenters. The number of pyridine rings is 2. The molecule has 0 radical (unpaired) electrons. The van der Waals surface area contributed by atoms with Gasteiger partial charge in [0.05, 0.1) is 23.9 Å². The summed E-state index contributed by atoms with van der Waals surface area (Å²) >= 11 is 0. The Labute approximate surface area is 176 Å². The minimum atomic E-state index is -4.46. The first-order chi connectivity index (χ1) is 14.8. The number of hydrogen-bond donors (Lipinski definition) is 0. The van der Waals surface area contributed by atoms with Crippen LogP contribution in [0.2, 0.25) is 0 Å². The van der Waals surface area contributed by atoms with E-state index in [4.69, 9.17) is 4.74 Å². The van der Waals surface area contributed by atoms with E-state index in [1.54, 1.807) is 28.8 Å². The second kappa shape index (κ2) is 7.86. The predicted octanol–water partition coefficient (Wildman–Crippen LogP) is 5.10. The molecule has 158 valence electrons. The molecule has 0 aliphatic carbocycles. The van der Waals surface area contributed by atoms with Gasteiger partial charge in [0.1, 0.15) is 5.69 Å². The van der Waals surface area contributed by atoms with Crippen molar-refractivity contribution in [1.29, 1.82) is 0 Å². The number of fused-ring (bicyclic) bond motifs is 1. The van der Waals surface area contributed by atoms with Crippen LogP contribution >= 0.6 is 0 Å². The maximum Gasteiger partial charge on any atom is 0.416 e. The van der Waals surface area contributed by atoms with E-state index in [0.29, 0.717) is 22.5 Å². The topological polar surface area (TPSA) is 56.5 Å². The number of rotatable bonds is 4. The Morgan fingerprint density at radius 1 is 1.10 bits per heavy atom. The van der Waals surface area contributed by atoms with Gasteiger partial charge in [0, 0.05) is 29.4 Å². The van der Waals surface area contributed by atoms with E-state index < -0.39 is 17.7 Å². The van der Waals surface area contributed by atoms with Crippen LogP contribution in [0.15, 0.2) is 60.8 Å². The van der Waals surface area contributed by atoms with Crippen molar-refractivity contribution in [1.82, 2.24) is 14.6 Å². The zero-order chi connectivity index (χ0) is 22.2. The van der Waals surface area contributed by atoms with Crippen LogP contribution in [0.1, 0.15) is 32.9 Å². The van der Waals surface area contributed by atoms with Crippen LogP contribution < -0.4 is 0 Å². The van der Waals surface area contributed by atoms with Gasteiger partial charge in [-0.3, -0.25) is 0 Å².